The van der Waals surface area contributed by atoms with E-state index in [4.69, 9.17) is 0 Å². The number of fused-ring (bicyclic) bond motifs is 3. The van der Waals surface area contributed by atoms with Crippen molar-refractivity contribution in [3.63, 3.8) is 0 Å². The monoisotopic (exact) mass is 408 g/mol. The van der Waals surface area contributed by atoms with E-state index >= 15 is 0 Å². The van der Waals surface area contributed by atoms with Gasteiger partial charge in [0.05, 0.1) is 11.3 Å². The molecule has 2 aromatic carbocycles. The molecule has 0 saturated heterocycles. The summed E-state index contributed by atoms with van der Waals surface area (Å²) in [7, 11) is 0. The normalized spacial score (nSPS) is 13.7. The summed E-state index contributed by atoms with van der Waals surface area (Å²) < 4.78 is 13.2. The lowest BCUT2D eigenvalue weighted by molar-refractivity contribution is -0.106. The number of aromatic amines is 1. The van der Waals surface area contributed by atoms with Crippen molar-refractivity contribution in [3.05, 3.63) is 77.4 Å². The SMILES string of the molecule is CCCSC(=O)C1=CN(C(=O)c2ccc(F)cc2)CCc2c1[nH]c1ccccc21. The van der Waals surface area contributed by atoms with Gasteiger partial charge in [0.15, 0.2) is 0 Å². The van der Waals surface area contributed by atoms with Gasteiger partial charge in [-0.05, 0) is 48.7 Å². The van der Waals surface area contributed by atoms with E-state index in [1.54, 1.807) is 11.1 Å². The molecule has 0 atom stereocenters. The van der Waals surface area contributed by atoms with E-state index in [1.807, 2.05) is 31.2 Å². The molecule has 0 unspecified atom stereocenters. The maximum atomic E-state index is 13.2. The molecule has 0 spiro atoms. The molecule has 1 amide bonds. The minimum Gasteiger partial charge on any atom is -0.354 e. The Hall–Kier alpha value is -2.86. The molecular formula is C23H21FN2O2S. The molecule has 0 fully saturated rings. The van der Waals surface area contributed by atoms with Gasteiger partial charge < -0.3 is 9.88 Å². The van der Waals surface area contributed by atoms with Crippen molar-refractivity contribution in [1.82, 2.24) is 9.88 Å². The van der Waals surface area contributed by atoms with Gasteiger partial charge in [0.2, 0.25) is 5.12 Å². The van der Waals surface area contributed by atoms with E-state index in [0.717, 1.165) is 34.3 Å². The van der Waals surface area contributed by atoms with E-state index in [-0.39, 0.29) is 16.8 Å². The van der Waals surface area contributed by atoms with Crippen molar-refractivity contribution in [2.24, 2.45) is 0 Å². The van der Waals surface area contributed by atoms with Crippen LogP contribution in [-0.2, 0) is 11.2 Å². The predicted octanol–water partition coefficient (Wildman–Crippen LogP) is 5.02. The lowest BCUT2D eigenvalue weighted by atomic mass is 10.0. The first kappa shape index (κ1) is 19.5. The summed E-state index contributed by atoms with van der Waals surface area (Å²) in [4.78, 5) is 30.9. The highest BCUT2D eigenvalue weighted by atomic mass is 32.2. The summed E-state index contributed by atoms with van der Waals surface area (Å²) in [6.07, 6.45) is 3.16. The average molecular weight is 408 g/mol. The van der Waals surface area contributed by atoms with E-state index in [2.05, 4.69) is 4.98 Å². The van der Waals surface area contributed by atoms with Crippen LogP contribution in [-0.4, -0.2) is 33.2 Å². The molecule has 1 N–H and O–H groups in total. The molecule has 148 valence electrons. The Labute approximate surface area is 172 Å². The van der Waals surface area contributed by atoms with Gasteiger partial charge in [0.25, 0.3) is 5.91 Å². The Bertz CT molecular complexity index is 1100. The van der Waals surface area contributed by atoms with Crippen LogP contribution in [0.3, 0.4) is 0 Å². The Morgan fingerprint density at radius 3 is 2.66 bits per heavy atom. The van der Waals surface area contributed by atoms with Crippen LogP contribution in [0.2, 0.25) is 0 Å². The highest BCUT2D eigenvalue weighted by molar-refractivity contribution is 8.14. The van der Waals surface area contributed by atoms with Gasteiger partial charge in [-0.1, -0.05) is 36.9 Å². The van der Waals surface area contributed by atoms with Crippen molar-refractivity contribution in [1.29, 1.82) is 0 Å². The Kier molecular flexibility index (Phi) is 5.53. The third-order valence-electron chi connectivity index (χ3n) is 4.98. The molecule has 0 radical (unpaired) electrons. The number of benzene rings is 2. The van der Waals surface area contributed by atoms with Crippen LogP contribution in [0.1, 0.15) is 35.0 Å². The second kappa shape index (κ2) is 8.25. The number of carbonyl (C=O) groups is 2. The van der Waals surface area contributed by atoms with Gasteiger partial charge in [-0.25, -0.2) is 4.39 Å². The lowest BCUT2D eigenvalue weighted by Gasteiger charge is -2.18. The predicted molar refractivity (Wildman–Crippen MR) is 115 cm³/mol. The summed E-state index contributed by atoms with van der Waals surface area (Å²) in [6, 6.07) is 13.4. The molecule has 1 aromatic heterocycles. The number of nitrogens with zero attached hydrogens (tertiary/aromatic N) is 1. The number of nitrogens with one attached hydrogen (secondary N) is 1. The van der Waals surface area contributed by atoms with Crippen molar-refractivity contribution in [3.8, 4) is 0 Å². The molecule has 4 rings (SSSR count). The quantitative estimate of drug-likeness (QED) is 0.660. The topological polar surface area (TPSA) is 53.2 Å². The first-order chi connectivity index (χ1) is 14.1. The van der Waals surface area contributed by atoms with Crippen LogP contribution >= 0.6 is 11.8 Å². The standard InChI is InChI=1S/C23H21FN2O2S/c1-2-13-29-23(28)19-14-26(22(27)15-7-9-16(24)10-8-15)12-11-18-17-5-3-4-6-20(17)25-21(18)19/h3-10,14,25H,2,11-13H2,1H3. The molecule has 29 heavy (non-hydrogen) atoms. The van der Waals surface area contributed by atoms with Crippen LogP contribution in [0.4, 0.5) is 4.39 Å². The highest BCUT2D eigenvalue weighted by Crippen LogP contribution is 2.33. The summed E-state index contributed by atoms with van der Waals surface area (Å²) in [5.74, 6) is 0.0870. The number of carbonyl (C=O) groups excluding carboxylic acids is 2. The van der Waals surface area contributed by atoms with Crippen LogP contribution < -0.4 is 0 Å². The van der Waals surface area contributed by atoms with Gasteiger partial charge >= 0.3 is 0 Å². The minimum atomic E-state index is -0.388. The molecule has 0 aliphatic carbocycles. The van der Waals surface area contributed by atoms with Gasteiger partial charge in [0.1, 0.15) is 5.82 Å². The first-order valence-electron chi connectivity index (χ1n) is 9.64. The number of halogens is 1. The fourth-order valence-corrected chi connectivity index (χ4v) is 4.25. The lowest BCUT2D eigenvalue weighted by Crippen LogP contribution is -2.27. The molecule has 2 heterocycles. The van der Waals surface area contributed by atoms with Gasteiger partial charge in [-0.15, -0.1) is 0 Å². The second-order valence-electron chi connectivity index (χ2n) is 6.96. The number of amides is 1. The largest absolute Gasteiger partial charge is 0.354 e. The zero-order chi connectivity index (χ0) is 20.4. The Morgan fingerprint density at radius 2 is 1.90 bits per heavy atom. The zero-order valence-corrected chi connectivity index (χ0v) is 16.9. The zero-order valence-electron chi connectivity index (χ0n) is 16.1. The third kappa shape index (κ3) is 3.85. The number of rotatable bonds is 4. The van der Waals surface area contributed by atoms with Crippen molar-refractivity contribution in [2.45, 2.75) is 19.8 Å². The third-order valence-corrected chi connectivity index (χ3v) is 6.07. The fraction of sp³-hybridized carbons (Fsp3) is 0.217. The Balaban J connectivity index is 1.77. The second-order valence-corrected chi connectivity index (χ2v) is 8.03. The number of H-pyrrole nitrogens is 1. The number of hydrogen-bond donors (Lipinski definition) is 1. The number of para-hydroxylation sites is 1. The van der Waals surface area contributed by atoms with Gasteiger partial charge in [-0.2, -0.15) is 0 Å². The summed E-state index contributed by atoms with van der Waals surface area (Å²) >= 11 is 1.26. The van der Waals surface area contributed by atoms with E-state index in [9.17, 15) is 14.0 Å². The molecule has 0 saturated carbocycles. The maximum absolute atomic E-state index is 13.2. The first-order valence-corrected chi connectivity index (χ1v) is 10.6. The smallest absolute Gasteiger partial charge is 0.257 e. The van der Waals surface area contributed by atoms with Gasteiger partial charge in [-0.3, -0.25) is 9.59 Å². The van der Waals surface area contributed by atoms with Crippen LogP contribution in [0.5, 0.6) is 0 Å². The summed E-state index contributed by atoms with van der Waals surface area (Å²) in [5, 5.41) is 1.01. The molecule has 1 aliphatic rings. The van der Waals surface area contributed by atoms with Crippen molar-refractivity contribution >= 4 is 39.3 Å². The average Bonchev–Trinajstić information content (AvgIpc) is 2.99. The molecule has 6 heteroatoms. The maximum Gasteiger partial charge on any atom is 0.257 e. The highest BCUT2D eigenvalue weighted by Gasteiger charge is 2.26. The molecule has 3 aromatic rings. The number of thioether (sulfide) groups is 1. The molecular weight excluding hydrogens is 387 g/mol. The molecule has 0 bridgehead atoms. The van der Waals surface area contributed by atoms with Crippen molar-refractivity contribution in [2.75, 3.05) is 12.3 Å². The Morgan fingerprint density at radius 1 is 1.14 bits per heavy atom. The summed E-state index contributed by atoms with van der Waals surface area (Å²) in [6.45, 7) is 2.47. The molecule has 1 aliphatic heterocycles. The van der Waals surface area contributed by atoms with Crippen LogP contribution in [0.25, 0.3) is 16.5 Å². The van der Waals surface area contributed by atoms with Crippen LogP contribution in [0, 0.1) is 5.82 Å². The fourth-order valence-electron chi connectivity index (χ4n) is 3.55. The van der Waals surface area contributed by atoms with Gasteiger partial charge in [0, 0.05) is 35.0 Å². The molecule has 4 nitrogen and oxygen atoms in total. The number of hydrogen-bond acceptors (Lipinski definition) is 3. The number of aromatic nitrogens is 1. The van der Waals surface area contributed by atoms with Crippen LogP contribution in [0.15, 0.2) is 54.7 Å². The minimum absolute atomic E-state index is 0.0570. The van der Waals surface area contributed by atoms with E-state index < -0.39 is 0 Å². The van der Waals surface area contributed by atoms with Crippen molar-refractivity contribution < 1.29 is 14.0 Å². The van der Waals surface area contributed by atoms with E-state index in [1.165, 1.54) is 36.0 Å². The van der Waals surface area contributed by atoms with E-state index in [0.29, 0.717) is 24.1 Å². The summed E-state index contributed by atoms with van der Waals surface area (Å²) in [5.41, 5.74) is 3.71.